The molecule has 0 saturated carbocycles. The quantitative estimate of drug-likeness (QED) is 0.783. The van der Waals surface area contributed by atoms with Gasteiger partial charge in [0, 0.05) is 0 Å². The van der Waals surface area contributed by atoms with Crippen molar-refractivity contribution in [3.05, 3.63) is 23.8 Å². The van der Waals surface area contributed by atoms with Crippen LogP contribution in [0.1, 0.15) is 5.56 Å². The molecule has 0 aliphatic heterocycles. The minimum absolute atomic E-state index is 0.693. The number of fused-ring (bicyclic) bond motifs is 1. The van der Waals surface area contributed by atoms with E-state index < -0.39 is 10.3 Å². The molecule has 5 heteroatoms. The number of nitrogens with one attached hydrogen (secondary N) is 2. The van der Waals surface area contributed by atoms with E-state index in [1.54, 1.807) is 0 Å². The van der Waals surface area contributed by atoms with Crippen LogP contribution in [0.4, 0.5) is 0 Å². The number of benzene rings is 1. The van der Waals surface area contributed by atoms with Crippen molar-refractivity contribution in [2.45, 2.75) is 11.6 Å². The molecule has 0 fully saturated rings. The maximum Gasteiger partial charge on any atom is 0.170 e. The van der Waals surface area contributed by atoms with Gasteiger partial charge in [0.05, 0.1) is 11.0 Å². The lowest BCUT2D eigenvalue weighted by Gasteiger charge is -2.19. The fourth-order valence-corrected chi connectivity index (χ4v) is 2.38. The first-order valence-corrected chi connectivity index (χ1v) is 8.00. The molecule has 1 heterocycles. The van der Waals surface area contributed by atoms with E-state index in [0.29, 0.717) is 5.16 Å². The van der Waals surface area contributed by atoms with Gasteiger partial charge in [-0.25, -0.2) is 4.98 Å². The predicted molar refractivity (Wildman–Crippen MR) is 74.1 cm³/mol. The van der Waals surface area contributed by atoms with Gasteiger partial charge in [0.25, 0.3) is 0 Å². The number of likely N-dealkylation sites (N-methyl/N-ethyl adjacent to an activating group) is 1. The standard InChI is InChI=1S/C12H19N3OS/c1-13-7-6-9-4-5-10-11(8-9)15-12(14-10)17(2,3)16/h4-5,8,13,16H,6-7H2,1-3H3,(H,14,15). The topological polar surface area (TPSA) is 60.9 Å². The Balaban J connectivity index is 2.34. The van der Waals surface area contributed by atoms with Crippen molar-refractivity contribution in [2.24, 2.45) is 0 Å². The molecule has 0 saturated heterocycles. The highest BCUT2D eigenvalue weighted by molar-refractivity contribution is 8.27. The lowest BCUT2D eigenvalue weighted by atomic mass is 10.1. The van der Waals surface area contributed by atoms with Crippen molar-refractivity contribution in [1.29, 1.82) is 0 Å². The molecule has 0 radical (unpaired) electrons. The molecule has 0 amide bonds. The molecular weight excluding hydrogens is 234 g/mol. The number of H-pyrrole nitrogens is 1. The molecular formula is C12H19N3OS. The summed E-state index contributed by atoms with van der Waals surface area (Å²) < 4.78 is 9.98. The zero-order valence-electron chi connectivity index (χ0n) is 10.4. The van der Waals surface area contributed by atoms with Crippen LogP contribution in [-0.4, -0.2) is 40.6 Å². The predicted octanol–water partition coefficient (Wildman–Crippen LogP) is 2.22. The van der Waals surface area contributed by atoms with Gasteiger partial charge >= 0.3 is 0 Å². The summed E-state index contributed by atoms with van der Waals surface area (Å²) in [5.74, 6) is 0. The summed E-state index contributed by atoms with van der Waals surface area (Å²) in [6.45, 7) is 0.962. The first kappa shape index (κ1) is 12.4. The van der Waals surface area contributed by atoms with Crippen molar-refractivity contribution >= 4 is 21.3 Å². The fourth-order valence-electron chi connectivity index (χ4n) is 1.69. The van der Waals surface area contributed by atoms with Gasteiger partial charge in [-0.1, -0.05) is 16.4 Å². The van der Waals surface area contributed by atoms with Gasteiger partial charge in [0.2, 0.25) is 0 Å². The number of imidazole rings is 1. The number of hydrogen-bond acceptors (Lipinski definition) is 3. The summed E-state index contributed by atoms with van der Waals surface area (Å²) in [5, 5.41) is 3.82. The highest BCUT2D eigenvalue weighted by atomic mass is 32.3. The molecule has 0 atom stereocenters. The van der Waals surface area contributed by atoms with Crippen LogP contribution in [0.15, 0.2) is 23.4 Å². The first-order chi connectivity index (χ1) is 8.00. The molecule has 94 valence electrons. The number of hydrogen-bond donors (Lipinski definition) is 3. The Kier molecular flexibility index (Phi) is 3.42. The second kappa shape index (κ2) is 4.68. The summed E-state index contributed by atoms with van der Waals surface area (Å²) >= 11 is 0. The summed E-state index contributed by atoms with van der Waals surface area (Å²) in [7, 11) is 0.175. The van der Waals surface area contributed by atoms with Crippen LogP contribution < -0.4 is 5.32 Å². The SMILES string of the molecule is CNCCc1ccc2nc(S(C)(C)O)[nH]c2c1. The molecule has 0 aliphatic rings. The zero-order valence-corrected chi connectivity index (χ0v) is 11.3. The van der Waals surface area contributed by atoms with Crippen LogP contribution in [0.5, 0.6) is 0 Å². The van der Waals surface area contributed by atoms with Crippen molar-refractivity contribution in [3.8, 4) is 0 Å². The van der Waals surface area contributed by atoms with E-state index in [4.69, 9.17) is 0 Å². The Hall–Kier alpha value is -1.04. The third-order valence-corrected chi connectivity index (χ3v) is 3.80. The molecule has 3 N–H and O–H groups in total. The molecule has 1 aromatic carbocycles. The van der Waals surface area contributed by atoms with Gasteiger partial charge in [-0.15, -0.1) is 0 Å². The maximum absolute atomic E-state index is 9.98. The van der Waals surface area contributed by atoms with E-state index in [1.807, 2.05) is 25.6 Å². The maximum atomic E-state index is 9.98. The smallest absolute Gasteiger partial charge is 0.170 e. The Morgan fingerprint density at radius 2 is 2.18 bits per heavy atom. The molecule has 2 rings (SSSR count). The first-order valence-electron chi connectivity index (χ1n) is 5.60. The molecule has 17 heavy (non-hydrogen) atoms. The third kappa shape index (κ3) is 2.80. The zero-order chi connectivity index (χ0) is 12.5. The lowest BCUT2D eigenvalue weighted by molar-refractivity contribution is 0.629. The largest absolute Gasteiger partial charge is 0.345 e. The average Bonchev–Trinajstić information content (AvgIpc) is 2.68. The van der Waals surface area contributed by atoms with Gasteiger partial charge < -0.3 is 14.9 Å². The molecule has 0 spiro atoms. The van der Waals surface area contributed by atoms with Crippen molar-refractivity contribution in [3.63, 3.8) is 0 Å². The average molecular weight is 253 g/mol. The lowest BCUT2D eigenvalue weighted by Crippen LogP contribution is -2.10. The molecule has 0 aliphatic carbocycles. The van der Waals surface area contributed by atoms with Crippen LogP contribution in [0, 0.1) is 0 Å². The Morgan fingerprint density at radius 1 is 1.41 bits per heavy atom. The third-order valence-electron chi connectivity index (χ3n) is 2.66. The molecule has 0 unspecified atom stereocenters. The molecule has 4 nitrogen and oxygen atoms in total. The highest BCUT2D eigenvalue weighted by Crippen LogP contribution is 2.42. The van der Waals surface area contributed by atoms with E-state index in [1.165, 1.54) is 5.56 Å². The van der Waals surface area contributed by atoms with E-state index in [2.05, 4.69) is 27.4 Å². The van der Waals surface area contributed by atoms with Gasteiger partial charge in [0.1, 0.15) is 0 Å². The Labute approximate surface area is 103 Å². The van der Waals surface area contributed by atoms with Crippen LogP contribution in [-0.2, 0) is 6.42 Å². The fraction of sp³-hybridized carbons (Fsp3) is 0.417. The molecule has 2 aromatic rings. The number of nitrogens with zero attached hydrogens (tertiary/aromatic N) is 1. The van der Waals surface area contributed by atoms with Crippen molar-refractivity contribution in [2.75, 3.05) is 26.1 Å². The Bertz CT molecular complexity index is 516. The van der Waals surface area contributed by atoms with E-state index in [0.717, 1.165) is 24.0 Å². The monoisotopic (exact) mass is 253 g/mol. The minimum atomic E-state index is -1.77. The van der Waals surface area contributed by atoms with Crippen molar-refractivity contribution < 1.29 is 4.55 Å². The van der Waals surface area contributed by atoms with Crippen LogP contribution in [0.25, 0.3) is 11.0 Å². The van der Waals surface area contributed by atoms with E-state index in [9.17, 15) is 4.55 Å². The number of aromatic amines is 1. The normalized spacial score (nSPS) is 13.2. The molecule has 1 aromatic heterocycles. The minimum Gasteiger partial charge on any atom is -0.345 e. The van der Waals surface area contributed by atoms with Gasteiger partial charge in [-0.3, -0.25) is 0 Å². The van der Waals surface area contributed by atoms with Gasteiger partial charge in [0.15, 0.2) is 5.16 Å². The van der Waals surface area contributed by atoms with Crippen LogP contribution in [0.2, 0.25) is 0 Å². The van der Waals surface area contributed by atoms with Gasteiger partial charge in [-0.05, 0) is 50.2 Å². The van der Waals surface area contributed by atoms with Crippen molar-refractivity contribution in [1.82, 2.24) is 15.3 Å². The Morgan fingerprint density at radius 3 is 2.82 bits per heavy atom. The second-order valence-electron chi connectivity index (χ2n) is 4.52. The van der Waals surface area contributed by atoms with E-state index >= 15 is 0 Å². The molecule has 0 bridgehead atoms. The summed E-state index contributed by atoms with van der Waals surface area (Å²) in [4.78, 5) is 7.63. The number of aromatic nitrogens is 2. The summed E-state index contributed by atoms with van der Waals surface area (Å²) in [5.41, 5.74) is 3.19. The number of rotatable bonds is 4. The van der Waals surface area contributed by atoms with E-state index in [-0.39, 0.29) is 0 Å². The highest BCUT2D eigenvalue weighted by Gasteiger charge is 2.15. The second-order valence-corrected chi connectivity index (χ2v) is 7.45. The summed E-state index contributed by atoms with van der Waals surface area (Å²) in [6.07, 6.45) is 4.62. The van der Waals surface area contributed by atoms with Gasteiger partial charge in [-0.2, -0.15) is 0 Å². The van der Waals surface area contributed by atoms with Crippen LogP contribution >= 0.6 is 10.3 Å². The van der Waals surface area contributed by atoms with Crippen LogP contribution in [0.3, 0.4) is 0 Å². The summed E-state index contributed by atoms with van der Waals surface area (Å²) in [6, 6.07) is 6.20.